The first-order valence-corrected chi connectivity index (χ1v) is 30.9. The highest BCUT2D eigenvalue weighted by molar-refractivity contribution is 5.94. The van der Waals surface area contributed by atoms with Crippen molar-refractivity contribution in [3.05, 3.63) is 105 Å². The molecule has 20 nitrogen and oxygen atoms in total. The lowest BCUT2D eigenvalue weighted by Crippen LogP contribution is -2.55. The first-order valence-electron chi connectivity index (χ1n) is 30.9. The second kappa shape index (κ2) is 31.2. The van der Waals surface area contributed by atoms with Gasteiger partial charge in [-0.15, -0.1) is 0 Å². The van der Waals surface area contributed by atoms with E-state index in [4.69, 9.17) is 18.9 Å². The molecule has 1 fully saturated rings. The van der Waals surface area contributed by atoms with Crippen LogP contribution in [0.15, 0.2) is 48.5 Å². The smallest absolute Gasteiger partial charge is 0.419 e. The number of cyclic esters (lactones) is 4. The van der Waals surface area contributed by atoms with E-state index in [0.29, 0.717) is 22.3 Å². The second-order valence-corrected chi connectivity index (χ2v) is 25.8. The van der Waals surface area contributed by atoms with Crippen LogP contribution < -0.4 is 0 Å². The van der Waals surface area contributed by atoms with Gasteiger partial charge in [-0.25, -0.2) is 19.2 Å². The average Bonchev–Trinajstić information content (AvgIpc) is 1.60. The number of halogens is 6. The van der Waals surface area contributed by atoms with Crippen molar-refractivity contribution in [2.24, 2.45) is 23.7 Å². The Bertz CT molecular complexity index is 3040. The van der Waals surface area contributed by atoms with Gasteiger partial charge >= 0.3 is 36.2 Å². The average molecular weight is 1300 g/mol. The number of aryl methyl sites for hydroxylation is 2. The number of amides is 4. The number of rotatable bonds is 16. The maximum absolute atomic E-state index is 15.1. The number of hydrogen-bond donors (Lipinski definition) is 0. The predicted molar refractivity (Wildman–Crippen MR) is 327 cm³/mol. The number of hydrogen-bond acceptors (Lipinski definition) is 14. The monoisotopic (exact) mass is 1300 g/mol. The van der Waals surface area contributed by atoms with Gasteiger partial charge in [-0.2, -0.15) is 36.5 Å². The van der Waals surface area contributed by atoms with E-state index in [1.807, 2.05) is 0 Å². The number of benzene rings is 2. The first-order chi connectivity index (χ1) is 42.6. The molecule has 4 amide bonds. The Kier molecular flexibility index (Phi) is 25.4. The van der Waals surface area contributed by atoms with Crippen LogP contribution in [0.4, 0.5) is 26.3 Å². The van der Waals surface area contributed by atoms with E-state index in [9.17, 15) is 55.1 Å². The van der Waals surface area contributed by atoms with E-state index >= 15 is 9.59 Å². The summed E-state index contributed by atoms with van der Waals surface area (Å²) in [4.78, 5) is 122. The third-order valence-electron chi connectivity index (χ3n) is 16.4. The maximum Gasteiger partial charge on any atom is 0.419 e. The molecule has 0 N–H and O–H groups in total. The lowest BCUT2D eigenvalue weighted by atomic mass is 9.99. The summed E-state index contributed by atoms with van der Waals surface area (Å²) in [6.45, 7) is 21.8. The molecule has 508 valence electrons. The van der Waals surface area contributed by atoms with E-state index in [1.54, 1.807) is 104 Å². The molecule has 1 aliphatic rings. The van der Waals surface area contributed by atoms with Crippen molar-refractivity contribution in [1.82, 2.24) is 39.2 Å². The summed E-state index contributed by atoms with van der Waals surface area (Å²) in [5.41, 5.74) is -0.339. The van der Waals surface area contributed by atoms with Crippen LogP contribution in [0.3, 0.4) is 0 Å². The molecule has 0 bridgehead atoms. The molecule has 3 heterocycles. The lowest BCUT2D eigenvalue weighted by Gasteiger charge is -2.35. The Morgan fingerprint density at radius 2 is 0.641 bits per heavy atom. The van der Waals surface area contributed by atoms with Crippen LogP contribution in [0.2, 0.25) is 0 Å². The minimum absolute atomic E-state index is 0.0290. The summed E-state index contributed by atoms with van der Waals surface area (Å²) in [5, 5.41) is 8.22. The van der Waals surface area contributed by atoms with Gasteiger partial charge in [-0.3, -0.25) is 28.5 Å². The summed E-state index contributed by atoms with van der Waals surface area (Å²) >= 11 is 0. The highest BCUT2D eigenvalue weighted by Crippen LogP contribution is 2.36. The number of alkyl halides is 6. The Morgan fingerprint density at radius 3 is 0.880 bits per heavy atom. The summed E-state index contributed by atoms with van der Waals surface area (Å²) in [7, 11) is 5.19. The van der Waals surface area contributed by atoms with Crippen LogP contribution in [-0.4, -0.2) is 163 Å². The van der Waals surface area contributed by atoms with E-state index in [2.05, 4.69) is 10.2 Å². The van der Waals surface area contributed by atoms with Crippen molar-refractivity contribution in [1.29, 1.82) is 0 Å². The van der Waals surface area contributed by atoms with Gasteiger partial charge < -0.3 is 38.5 Å². The third kappa shape index (κ3) is 19.2. The molecule has 0 aliphatic carbocycles. The number of carbonyl (C=O) groups is 8. The molecule has 1 saturated heterocycles. The molecular weight excluding hydrogens is 1210 g/mol. The van der Waals surface area contributed by atoms with Crippen LogP contribution in [0.25, 0.3) is 0 Å². The van der Waals surface area contributed by atoms with Gasteiger partial charge in [-0.1, -0.05) is 104 Å². The Hall–Kier alpha value is -7.80. The quantitative estimate of drug-likeness (QED) is 0.0579. The van der Waals surface area contributed by atoms with Gasteiger partial charge in [0, 0.05) is 52.4 Å². The zero-order chi connectivity index (χ0) is 69.3. The maximum atomic E-state index is 15.1. The van der Waals surface area contributed by atoms with Gasteiger partial charge in [0.05, 0.1) is 35.6 Å². The molecular formula is C66H90F6N8O12. The molecule has 0 radical (unpaired) electrons. The van der Waals surface area contributed by atoms with Crippen molar-refractivity contribution >= 4 is 47.5 Å². The SMILES string of the molecule is Cc1nn(Cc2ccc(C[C@H]3OC(=O)[C@H](CC(C)C)N(C)C(=O)[C@@H](C)OC(=O)[C@H](CC(C)C)N(C)C(=O)[C@@H](Cc4ccc(Cn5nc(C)c(C(F)(F)F)c5C)cc4)OC(=O)[C@H](CC(C)C)N(C)C(=O)[C@@H](C)OC(=O)[C@H](CC(C)C)N(C)C3=O)cc2)c(C)c1C(F)(F)F. The van der Waals surface area contributed by atoms with Gasteiger partial charge in [0.1, 0.15) is 24.2 Å². The molecule has 0 saturated carbocycles. The summed E-state index contributed by atoms with van der Waals surface area (Å²) in [6.07, 6.45) is -16.6. The molecule has 0 spiro atoms. The number of ether oxygens (including phenoxy) is 4. The number of likely N-dealkylation sites (N-methyl/N-ethyl adjacent to an activating group) is 4. The normalized spacial score (nSPS) is 22.2. The summed E-state index contributed by atoms with van der Waals surface area (Å²) < 4.78 is 110. The van der Waals surface area contributed by atoms with Gasteiger partial charge in [0.15, 0.2) is 24.4 Å². The van der Waals surface area contributed by atoms with Gasteiger partial charge in [0.25, 0.3) is 23.6 Å². The number of nitrogens with zero attached hydrogens (tertiary/aromatic N) is 8. The Morgan fingerprint density at radius 1 is 0.402 bits per heavy atom. The fraction of sp³-hybridized carbons (Fsp3) is 0.606. The molecule has 26 heteroatoms. The van der Waals surface area contributed by atoms with Crippen LogP contribution in [0, 0.1) is 51.4 Å². The molecule has 8 atom stereocenters. The van der Waals surface area contributed by atoms with Crippen LogP contribution >= 0.6 is 0 Å². The number of carbonyl (C=O) groups excluding carboxylic acids is 8. The fourth-order valence-electron chi connectivity index (χ4n) is 11.3. The lowest BCUT2D eigenvalue weighted by molar-refractivity contribution is -0.176. The second-order valence-electron chi connectivity index (χ2n) is 25.8. The Labute approximate surface area is 534 Å². The summed E-state index contributed by atoms with van der Waals surface area (Å²) in [6, 6.07) is 7.15. The minimum atomic E-state index is -4.63. The van der Waals surface area contributed by atoms with Crippen molar-refractivity contribution < 1.29 is 83.6 Å². The number of aromatic nitrogens is 4. The van der Waals surface area contributed by atoms with Crippen LogP contribution in [0.5, 0.6) is 0 Å². The number of esters is 4. The Balaban J connectivity index is 1.59. The zero-order valence-electron chi connectivity index (χ0n) is 55.9. The zero-order valence-corrected chi connectivity index (χ0v) is 55.9. The predicted octanol–water partition coefficient (Wildman–Crippen LogP) is 9.43. The molecule has 2 aromatic carbocycles. The van der Waals surface area contributed by atoms with Gasteiger partial charge in [0.2, 0.25) is 0 Å². The molecule has 92 heavy (non-hydrogen) atoms. The topological polar surface area (TPSA) is 222 Å². The first kappa shape index (κ1) is 74.9. The van der Waals surface area contributed by atoms with Crippen LogP contribution in [-0.2, 0) is 95.6 Å². The molecule has 5 rings (SSSR count). The molecule has 1 aliphatic heterocycles. The molecule has 0 unspecified atom stereocenters. The van der Waals surface area contributed by atoms with E-state index in [-0.39, 0.29) is 98.1 Å². The standard InChI is InChI=1S/C66H90F6N8O12/c1-35(2)27-49-61(85)89-43(13)57(81)75(15)52(30-38(7)8)64(88)92-54(32-46-21-25-48(26-22-46)34-80-42(12)56(40(10)74-80)66(70,71)72)60(84)78(18)50(28-36(3)4)62(86)90-44(14)58(82)76(16)51(29-37(5)6)63(87)91-53(59(83)77(49)17)31-45-19-23-47(24-20-45)33-79-41(11)55(39(9)73-79)65(67,68)69/h19-26,35-38,43-44,49-54H,27-34H2,1-18H3/t43-,44-,49+,50+,51+,52+,53-,54-/m1/s1. The van der Waals surface area contributed by atoms with Crippen molar-refractivity contribution in [2.45, 2.75) is 209 Å². The molecule has 4 aromatic rings. The van der Waals surface area contributed by atoms with E-state index in [1.165, 1.54) is 79.1 Å². The van der Waals surface area contributed by atoms with Gasteiger partial charge in [-0.05, 0) is 113 Å². The van der Waals surface area contributed by atoms with Crippen molar-refractivity contribution in [3.63, 3.8) is 0 Å². The minimum Gasteiger partial charge on any atom is -0.451 e. The third-order valence-corrected chi connectivity index (χ3v) is 16.4. The highest BCUT2D eigenvalue weighted by atomic mass is 19.4. The highest BCUT2D eigenvalue weighted by Gasteiger charge is 2.44. The van der Waals surface area contributed by atoms with Crippen molar-refractivity contribution in [2.75, 3.05) is 28.2 Å². The van der Waals surface area contributed by atoms with Crippen molar-refractivity contribution in [3.8, 4) is 0 Å². The largest absolute Gasteiger partial charge is 0.451 e. The summed E-state index contributed by atoms with van der Waals surface area (Å²) in [5.74, 6) is -8.83. The van der Waals surface area contributed by atoms with E-state index in [0.717, 1.165) is 19.6 Å². The van der Waals surface area contributed by atoms with E-state index < -0.39 is 120 Å². The van der Waals surface area contributed by atoms with Crippen LogP contribution in [0.1, 0.15) is 151 Å². The fourth-order valence-corrected chi connectivity index (χ4v) is 11.3. The molecule has 2 aromatic heterocycles.